The fourth-order valence-electron chi connectivity index (χ4n) is 8.91. The van der Waals surface area contributed by atoms with Crippen LogP contribution in [0.25, 0.3) is 84.3 Å². The van der Waals surface area contributed by atoms with Gasteiger partial charge in [0.25, 0.3) is 0 Å². The summed E-state index contributed by atoms with van der Waals surface area (Å²) in [7, 11) is 0. The molecule has 0 spiro atoms. The number of alkyl halides is 15. The highest BCUT2D eigenvalue weighted by Crippen LogP contribution is 2.49. The van der Waals surface area contributed by atoms with Gasteiger partial charge in [-0.2, -0.15) is 65.9 Å². The summed E-state index contributed by atoms with van der Waals surface area (Å²) in [5.74, 6) is -0.332. The molecule has 0 aliphatic heterocycles. The first-order valence-corrected chi connectivity index (χ1v) is 20.7. The van der Waals surface area contributed by atoms with E-state index in [1.807, 2.05) is 0 Å². The number of halogens is 15. The number of aromatic nitrogens is 5. The third kappa shape index (κ3) is 8.07. The number of fused-ring (bicyclic) bond motifs is 6. The van der Waals surface area contributed by atoms with Crippen LogP contribution in [-0.4, -0.2) is 30.3 Å². The number of allylic oxidation sites excluding steroid dienone is 1. The van der Waals surface area contributed by atoms with Gasteiger partial charge >= 0.3 is 30.9 Å². The first kappa shape index (κ1) is 46.1. The zero-order valence-corrected chi connectivity index (χ0v) is 35.0. The SMILES string of the molecule is FC(F)(F)C1=Cc2c(n(-c3cc(-c4nc(-c5ccccc5)nc(-c5ccccc5)n4)cc(-n4c5ccc(C(F)(F)F)cc5c5cc(C(F)(F)F)ccc54)c3C(F)(F)F)c3ccc(C(F)(F)F)cc23)CC1. The van der Waals surface area contributed by atoms with Gasteiger partial charge in [-0.05, 0) is 85.6 Å². The van der Waals surface area contributed by atoms with Crippen molar-refractivity contribution in [1.29, 1.82) is 0 Å². The molecule has 0 unspecified atom stereocenters. The van der Waals surface area contributed by atoms with E-state index in [1.165, 1.54) is 0 Å². The van der Waals surface area contributed by atoms with Gasteiger partial charge in [0.05, 0.1) is 44.6 Å². The van der Waals surface area contributed by atoms with E-state index in [4.69, 9.17) is 0 Å². The van der Waals surface area contributed by atoms with Crippen molar-refractivity contribution in [2.45, 2.75) is 43.7 Å². The standard InChI is InChI=1S/C50H26F15N5/c51-46(52,53)28-11-15-36-32(21-28)33-22-29(47(54,55)56)12-16-37(33)69(36)40-19-27(45-67-43(25-7-3-1-4-8-25)66-44(68-45)26-9-5-2-6-10-26)20-41(42(40)50(63,64)65)70-38-17-13-30(48(57,58)59)23-34(38)35-24-31(49(60,61)62)14-18-39(35)70/h1-13,15-17,19-24H,14,18H2. The zero-order valence-electron chi connectivity index (χ0n) is 35.0. The first-order chi connectivity index (χ1) is 32.9. The Labute approximate surface area is 383 Å². The van der Waals surface area contributed by atoms with Gasteiger partial charge in [0.15, 0.2) is 17.5 Å². The predicted molar refractivity (Wildman–Crippen MR) is 230 cm³/mol. The van der Waals surface area contributed by atoms with Crippen molar-refractivity contribution in [3.05, 3.63) is 166 Å². The number of hydrogen-bond acceptors (Lipinski definition) is 3. The Morgan fingerprint density at radius 2 is 0.771 bits per heavy atom. The molecule has 0 atom stereocenters. The molecule has 1 aliphatic rings. The number of benzene rings is 6. The predicted octanol–water partition coefficient (Wildman–Crippen LogP) is 15.9. The molecule has 9 aromatic rings. The van der Waals surface area contributed by atoms with Crippen LogP contribution in [0, 0.1) is 0 Å². The molecule has 5 nitrogen and oxygen atoms in total. The van der Waals surface area contributed by atoms with E-state index < -0.39 is 121 Å². The van der Waals surface area contributed by atoms with E-state index >= 15 is 13.2 Å². The second-order valence-electron chi connectivity index (χ2n) is 16.3. The van der Waals surface area contributed by atoms with Crippen LogP contribution in [0.5, 0.6) is 0 Å². The lowest BCUT2D eigenvalue weighted by molar-refractivity contribution is -0.138. The topological polar surface area (TPSA) is 48.5 Å². The summed E-state index contributed by atoms with van der Waals surface area (Å²) in [4.78, 5) is 13.9. The maximum atomic E-state index is 16.4. The van der Waals surface area contributed by atoms with E-state index in [-0.39, 0.29) is 28.7 Å². The summed E-state index contributed by atoms with van der Waals surface area (Å²) >= 11 is 0. The summed E-state index contributed by atoms with van der Waals surface area (Å²) in [6.45, 7) is 0. The van der Waals surface area contributed by atoms with Gasteiger partial charge in [-0.1, -0.05) is 60.7 Å². The van der Waals surface area contributed by atoms with Gasteiger partial charge in [-0.15, -0.1) is 0 Å². The van der Waals surface area contributed by atoms with E-state index in [0.717, 1.165) is 39.5 Å². The summed E-state index contributed by atoms with van der Waals surface area (Å²) in [6, 6.07) is 23.8. The van der Waals surface area contributed by atoms with Crippen LogP contribution < -0.4 is 0 Å². The maximum absolute atomic E-state index is 16.4. The normalized spacial score (nSPS) is 13.9. The van der Waals surface area contributed by atoms with Crippen LogP contribution in [0.3, 0.4) is 0 Å². The largest absolute Gasteiger partial charge is 0.420 e. The van der Waals surface area contributed by atoms with Crippen molar-refractivity contribution in [2.75, 3.05) is 0 Å². The smallest absolute Gasteiger partial charge is 0.312 e. The van der Waals surface area contributed by atoms with Gasteiger partial charge in [0.1, 0.15) is 5.56 Å². The quantitative estimate of drug-likeness (QED) is 0.161. The Morgan fingerprint density at radius 3 is 1.19 bits per heavy atom. The van der Waals surface area contributed by atoms with Crippen molar-refractivity contribution < 1.29 is 65.9 Å². The summed E-state index contributed by atoms with van der Waals surface area (Å²) < 4.78 is 222. The third-order valence-corrected chi connectivity index (χ3v) is 12.0. The van der Waals surface area contributed by atoms with Gasteiger partial charge in [-0.25, -0.2) is 15.0 Å². The van der Waals surface area contributed by atoms with Gasteiger partial charge < -0.3 is 9.13 Å². The molecule has 10 rings (SSSR count). The molecule has 20 heteroatoms. The Morgan fingerprint density at radius 1 is 0.371 bits per heavy atom. The Hall–Kier alpha value is -7.64. The Balaban J connectivity index is 1.39. The summed E-state index contributed by atoms with van der Waals surface area (Å²) in [5.41, 5.74) is -10.1. The lowest BCUT2D eigenvalue weighted by atomic mass is 9.94. The average molecular weight is 982 g/mol. The second kappa shape index (κ2) is 16.0. The fourth-order valence-corrected chi connectivity index (χ4v) is 8.91. The van der Waals surface area contributed by atoms with E-state index in [9.17, 15) is 52.7 Å². The van der Waals surface area contributed by atoms with Crippen LogP contribution in [0.2, 0.25) is 0 Å². The number of rotatable bonds is 5. The van der Waals surface area contributed by atoms with Crippen LogP contribution in [-0.2, 0) is 31.1 Å². The molecule has 6 aromatic carbocycles. The van der Waals surface area contributed by atoms with Crippen LogP contribution in [0.1, 0.15) is 39.9 Å². The maximum Gasteiger partial charge on any atom is 0.420 e. The molecule has 0 fully saturated rings. The third-order valence-electron chi connectivity index (χ3n) is 12.0. The molecule has 70 heavy (non-hydrogen) atoms. The molecule has 3 heterocycles. The van der Waals surface area contributed by atoms with Gasteiger partial charge in [0, 0.05) is 49.7 Å². The number of nitrogens with zero attached hydrogens (tertiary/aromatic N) is 5. The molecule has 356 valence electrons. The first-order valence-electron chi connectivity index (χ1n) is 20.7. The molecule has 0 saturated heterocycles. The summed E-state index contributed by atoms with van der Waals surface area (Å²) in [5, 5.41) is -1.58. The van der Waals surface area contributed by atoms with Crippen molar-refractivity contribution in [2.24, 2.45) is 0 Å². The highest BCUT2D eigenvalue weighted by Gasteiger charge is 2.43. The van der Waals surface area contributed by atoms with Gasteiger partial charge in [0.2, 0.25) is 0 Å². The highest BCUT2D eigenvalue weighted by atomic mass is 19.4. The van der Waals surface area contributed by atoms with E-state index in [2.05, 4.69) is 15.0 Å². The Kier molecular flexibility index (Phi) is 10.5. The second-order valence-corrected chi connectivity index (χ2v) is 16.3. The molecule has 0 radical (unpaired) electrons. The molecule has 1 aliphatic carbocycles. The highest BCUT2D eigenvalue weighted by molar-refractivity contribution is 6.10. The minimum absolute atomic E-state index is 0.00281. The van der Waals surface area contributed by atoms with Crippen molar-refractivity contribution >= 4 is 38.8 Å². The minimum Gasteiger partial charge on any atom is -0.312 e. The van der Waals surface area contributed by atoms with Crippen LogP contribution in [0.4, 0.5) is 65.9 Å². The molecular formula is C50H26F15N5. The van der Waals surface area contributed by atoms with Crippen LogP contribution >= 0.6 is 0 Å². The van der Waals surface area contributed by atoms with Gasteiger partial charge in [-0.3, -0.25) is 0 Å². The van der Waals surface area contributed by atoms with E-state index in [1.54, 1.807) is 60.7 Å². The fraction of sp³-hybridized carbons (Fsp3) is 0.140. The minimum atomic E-state index is -5.54. The molecule has 0 saturated carbocycles. The van der Waals surface area contributed by atoms with E-state index in [0.29, 0.717) is 53.6 Å². The molecule has 0 bridgehead atoms. The Bertz CT molecular complexity index is 3450. The van der Waals surface area contributed by atoms with Crippen molar-refractivity contribution in [3.8, 4) is 45.5 Å². The van der Waals surface area contributed by atoms with Crippen molar-refractivity contribution in [1.82, 2.24) is 24.1 Å². The molecule has 0 amide bonds. The van der Waals surface area contributed by atoms with Crippen molar-refractivity contribution in [3.63, 3.8) is 0 Å². The summed E-state index contributed by atoms with van der Waals surface area (Å²) in [6.07, 6.45) is -26.6. The van der Waals surface area contributed by atoms with Crippen LogP contribution in [0.15, 0.2) is 133 Å². The lowest BCUT2D eigenvalue weighted by Crippen LogP contribution is -2.19. The number of hydrogen-bond donors (Lipinski definition) is 0. The molecular weight excluding hydrogens is 956 g/mol. The lowest BCUT2D eigenvalue weighted by Gasteiger charge is -2.25. The molecule has 3 aromatic heterocycles. The average Bonchev–Trinajstić information content (AvgIpc) is 3.81. The molecule has 0 N–H and O–H groups in total. The zero-order chi connectivity index (χ0) is 49.9. The monoisotopic (exact) mass is 981 g/mol.